The van der Waals surface area contributed by atoms with Gasteiger partial charge in [0.05, 0.1) is 0 Å². The largest absolute Gasteiger partial charge is 0.489 e. The topological polar surface area (TPSA) is 9.23 Å². The van der Waals surface area contributed by atoms with Crippen molar-refractivity contribution in [2.24, 2.45) is 0 Å². The minimum Gasteiger partial charge on any atom is -0.489 e. The van der Waals surface area contributed by atoms with Crippen LogP contribution in [0, 0.1) is 27.7 Å². The molecular formula is C17H19BrO. The van der Waals surface area contributed by atoms with Gasteiger partial charge in [-0.3, -0.25) is 0 Å². The van der Waals surface area contributed by atoms with Gasteiger partial charge in [0.2, 0.25) is 0 Å². The molecule has 0 bridgehead atoms. The van der Waals surface area contributed by atoms with Crippen molar-refractivity contribution in [2.75, 3.05) is 0 Å². The van der Waals surface area contributed by atoms with Crippen molar-refractivity contribution in [3.05, 3.63) is 62.6 Å². The van der Waals surface area contributed by atoms with Crippen LogP contribution < -0.4 is 4.74 Å². The predicted molar refractivity (Wildman–Crippen MR) is 83.9 cm³/mol. The first-order valence-electron chi connectivity index (χ1n) is 6.43. The summed E-state index contributed by atoms with van der Waals surface area (Å²) in [5.41, 5.74) is 6.64. The zero-order chi connectivity index (χ0) is 14.0. The molecule has 0 unspecified atom stereocenters. The smallest absolute Gasteiger partial charge is 0.119 e. The van der Waals surface area contributed by atoms with Gasteiger partial charge in [0.25, 0.3) is 0 Å². The number of hydrogen-bond donors (Lipinski definition) is 0. The maximum absolute atomic E-state index is 5.90. The molecule has 1 nitrogen and oxygen atoms in total. The summed E-state index contributed by atoms with van der Waals surface area (Å²) in [6.07, 6.45) is 0. The van der Waals surface area contributed by atoms with Crippen LogP contribution >= 0.6 is 15.9 Å². The Labute approximate surface area is 123 Å². The SMILES string of the molecule is Cc1cc(C)c(C)c(COc2ccc(Br)cc2)c1C. The molecule has 2 rings (SSSR count). The van der Waals surface area contributed by atoms with E-state index < -0.39 is 0 Å². The second-order valence-electron chi connectivity index (χ2n) is 4.98. The molecule has 0 aliphatic rings. The molecule has 19 heavy (non-hydrogen) atoms. The molecule has 0 saturated heterocycles. The Morgan fingerprint density at radius 1 is 0.895 bits per heavy atom. The number of benzene rings is 2. The molecule has 0 N–H and O–H groups in total. The first-order valence-corrected chi connectivity index (χ1v) is 7.23. The molecule has 0 saturated carbocycles. The molecule has 0 radical (unpaired) electrons. The lowest BCUT2D eigenvalue weighted by atomic mass is 9.95. The van der Waals surface area contributed by atoms with Crippen LogP contribution in [-0.4, -0.2) is 0 Å². The van der Waals surface area contributed by atoms with Crippen molar-refractivity contribution in [1.82, 2.24) is 0 Å². The van der Waals surface area contributed by atoms with Crippen molar-refractivity contribution in [3.63, 3.8) is 0 Å². The molecule has 0 atom stereocenters. The first-order chi connectivity index (χ1) is 8.99. The molecule has 0 aromatic heterocycles. The second-order valence-corrected chi connectivity index (χ2v) is 5.90. The van der Waals surface area contributed by atoms with Gasteiger partial charge >= 0.3 is 0 Å². The maximum Gasteiger partial charge on any atom is 0.119 e. The Hall–Kier alpha value is -1.28. The number of hydrogen-bond acceptors (Lipinski definition) is 1. The molecule has 0 aliphatic carbocycles. The summed E-state index contributed by atoms with van der Waals surface area (Å²) in [6, 6.07) is 10.2. The summed E-state index contributed by atoms with van der Waals surface area (Å²) < 4.78 is 6.97. The molecular weight excluding hydrogens is 300 g/mol. The van der Waals surface area contributed by atoms with Crippen LogP contribution in [-0.2, 0) is 6.61 Å². The highest BCUT2D eigenvalue weighted by molar-refractivity contribution is 9.10. The standard InChI is InChI=1S/C17H19BrO/c1-11-9-12(2)14(4)17(13(11)3)10-19-16-7-5-15(18)6-8-16/h5-9H,10H2,1-4H3. The quantitative estimate of drug-likeness (QED) is 0.749. The minimum atomic E-state index is 0.627. The monoisotopic (exact) mass is 318 g/mol. The predicted octanol–water partition coefficient (Wildman–Crippen LogP) is 5.26. The van der Waals surface area contributed by atoms with E-state index in [1.54, 1.807) is 0 Å². The van der Waals surface area contributed by atoms with E-state index in [4.69, 9.17) is 4.74 Å². The van der Waals surface area contributed by atoms with Crippen molar-refractivity contribution in [2.45, 2.75) is 34.3 Å². The fourth-order valence-electron chi connectivity index (χ4n) is 2.20. The van der Waals surface area contributed by atoms with Crippen LogP contribution in [0.25, 0.3) is 0 Å². The zero-order valence-electron chi connectivity index (χ0n) is 11.9. The van der Waals surface area contributed by atoms with Crippen molar-refractivity contribution < 1.29 is 4.74 Å². The number of halogens is 1. The van der Waals surface area contributed by atoms with E-state index in [-0.39, 0.29) is 0 Å². The van der Waals surface area contributed by atoms with Crippen molar-refractivity contribution in [3.8, 4) is 5.75 Å². The second kappa shape index (κ2) is 5.79. The summed E-state index contributed by atoms with van der Waals surface area (Å²) in [4.78, 5) is 0. The van der Waals surface area contributed by atoms with E-state index >= 15 is 0 Å². The molecule has 2 aromatic carbocycles. The zero-order valence-corrected chi connectivity index (χ0v) is 13.5. The molecule has 0 spiro atoms. The van der Waals surface area contributed by atoms with Crippen LogP contribution in [0.2, 0.25) is 0 Å². The van der Waals surface area contributed by atoms with E-state index in [0.29, 0.717) is 6.61 Å². The lowest BCUT2D eigenvalue weighted by Gasteiger charge is -2.16. The fraction of sp³-hybridized carbons (Fsp3) is 0.294. The van der Waals surface area contributed by atoms with Gasteiger partial charge in [-0.1, -0.05) is 22.0 Å². The third-order valence-corrected chi connectivity index (χ3v) is 4.25. The summed E-state index contributed by atoms with van der Waals surface area (Å²) >= 11 is 3.43. The Morgan fingerprint density at radius 3 is 1.95 bits per heavy atom. The molecule has 2 heteroatoms. The van der Waals surface area contributed by atoms with Gasteiger partial charge in [-0.05, 0) is 79.8 Å². The Balaban J connectivity index is 2.22. The average molecular weight is 319 g/mol. The van der Waals surface area contributed by atoms with Crippen LogP contribution in [0.4, 0.5) is 0 Å². The van der Waals surface area contributed by atoms with Crippen LogP contribution in [0.15, 0.2) is 34.8 Å². The van der Waals surface area contributed by atoms with E-state index in [0.717, 1.165) is 10.2 Å². The van der Waals surface area contributed by atoms with Gasteiger partial charge in [-0.25, -0.2) is 0 Å². The van der Waals surface area contributed by atoms with Gasteiger partial charge in [-0.2, -0.15) is 0 Å². The summed E-state index contributed by atoms with van der Waals surface area (Å²) in [6.45, 7) is 9.28. The molecule has 2 aromatic rings. The van der Waals surface area contributed by atoms with E-state index in [1.165, 1.54) is 27.8 Å². The lowest BCUT2D eigenvalue weighted by Crippen LogP contribution is -2.04. The van der Waals surface area contributed by atoms with E-state index in [1.807, 2.05) is 24.3 Å². The number of ether oxygens (including phenoxy) is 1. The molecule has 0 heterocycles. The average Bonchev–Trinajstić information content (AvgIpc) is 2.38. The van der Waals surface area contributed by atoms with Crippen molar-refractivity contribution in [1.29, 1.82) is 0 Å². The maximum atomic E-state index is 5.90. The molecule has 0 amide bonds. The summed E-state index contributed by atoms with van der Waals surface area (Å²) in [7, 11) is 0. The van der Waals surface area contributed by atoms with Gasteiger partial charge in [0.15, 0.2) is 0 Å². The Kier molecular flexibility index (Phi) is 4.31. The lowest BCUT2D eigenvalue weighted by molar-refractivity contribution is 0.304. The van der Waals surface area contributed by atoms with Gasteiger partial charge in [0, 0.05) is 4.47 Å². The van der Waals surface area contributed by atoms with Crippen LogP contribution in [0.5, 0.6) is 5.75 Å². The fourth-order valence-corrected chi connectivity index (χ4v) is 2.47. The van der Waals surface area contributed by atoms with Crippen LogP contribution in [0.3, 0.4) is 0 Å². The number of aryl methyl sites for hydroxylation is 2. The number of rotatable bonds is 3. The highest BCUT2D eigenvalue weighted by Crippen LogP contribution is 2.24. The highest BCUT2D eigenvalue weighted by atomic mass is 79.9. The van der Waals surface area contributed by atoms with E-state index in [2.05, 4.69) is 49.7 Å². The Bertz CT molecular complexity index is 559. The van der Waals surface area contributed by atoms with E-state index in [9.17, 15) is 0 Å². The van der Waals surface area contributed by atoms with Gasteiger partial charge in [0.1, 0.15) is 12.4 Å². The third kappa shape index (κ3) is 3.19. The third-order valence-electron chi connectivity index (χ3n) is 3.72. The van der Waals surface area contributed by atoms with Gasteiger partial charge < -0.3 is 4.74 Å². The first kappa shape index (κ1) is 14.1. The molecule has 0 aliphatic heterocycles. The van der Waals surface area contributed by atoms with Crippen molar-refractivity contribution >= 4 is 15.9 Å². The normalized spacial score (nSPS) is 10.6. The van der Waals surface area contributed by atoms with Gasteiger partial charge in [-0.15, -0.1) is 0 Å². The summed E-state index contributed by atoms with van der Waals surface area (Å²) in [5.74, 6) is 0.904. The molecule has 100 valence electrons. The van der Waals surface area contributed by atoms with Crippen LogP contribution in [0.1, 0.15) is 27.8 Å². The summed E-state index contributed by atoms with van der Waals surface area (Å²) in [5, 5.41) is 0. The Morgan fingerprint density at radius 2 is 1.42 bits per heavy atom. The minimum absolute atomic E-state index is 0.627. The molecule has 0 fully saturated rings. The highest BCUT2D eigenvalue weighted by Gasteiger charge is 2.09.